The summed E-state index contributed by atoms with van der Waals surface area (Å²) in [7, 11) is -3.08. The molecule has 0 aliphatic carbocycles. The summed E-state index contributed by atoms with van der Waals surface area (Å²) in [6.07, 6.45) is 1.13. The Bertz CT molecular complexity index is 448. The van der Waals surface area contributed by atoms with Crippen LogP contribution in [0.3, 0.4) is 0 Å². The normalized spacial score (nSPS) is 11.3. The largest absolute Gasteiger partial charge is 0.399 e. The Hall–Kier alpha value is -1.36. The van der Waals surface area contributed by atoms with Crippen molar-refractivity contribution in [3.63, 3.8) is 0 Å². The fourth-order valence-corrected chi connectivity index (χ4v) is 1.65. The summed E-state index contributed by atoms with van der Waals surface area (Å²) in [6.45, 7) is 0. The Morgan fingerprint density at radius 2 is 1.80 bits per heavy atom. The van der Waals surface area contributed by atoms with Crippen molar-refractivity contribution in [3.05, 3.63) is 29.8 Å². The van der Waals surface area contributed by atoms with Gasteiger partial charge in [0.25, 0.3) is 0 Å². The molecule has 0 fully saturated rings. The van der Waals surface area contributed by atoms with E-state index in [9.17, 15) is 13.2 Å². The zero-order valence-corrected chi connectivity index (χ0v) is 9.25. The highest BCUT2D eigenvalue weighted by Gasteiger charge is 2.09. The Balaban J connectivity index is 2.66. The van der Waals surface area contributed by atoms with Gasteiger partial charge >= 0.3 is 0 Å². The molecular formula is C10H13NO3S. The van der Waals surface area contributed by atoms with Crippen molar-refractivity contribution in [2.24, 2.45) is 0 Å². The van der Waals surface area contributed by atoms with E-state index >= 15 is 0 Å². The predicted molar refractivity (Wildman–Crippen MR) is 59.5 cm³/mol. The van der Waals surface area contributed by atoms with E-state index in [1.54, 1.807) is 24.3 Å². The molecule has 0 amide bonds. The van der Waals surface area contributed by atoms with Crippen LogP contribution in [0.1, 0.15) is 16.8 Å². The minimum atomic E-state index is -3.08. The molecule has 0 saturated carbocycles. The molecule has 0 aliphatic heterocycles. The van der Waals surface area contributed by atoms with Crippen molar-refractivity contribution in [2.45, 2.75) is 6.42 Å². The van der Waals surface area contributed by atoms with Crippen LogP contribution in [0.5, 0.6) is 0 Å². The van der Waals surface area contributed by atoms with E-state index in [1.165, 1.54) is 0 Å². The van der Waals surface area contributed by atoms with Crippen molar-refractivity contribution in [1.82, 2.24) is 0 Å². The van der Waals surface area contributed by atoms with Gasteiger partial charge in [0.2, 0.25) is 0 Å². The van der Waals surface area contributed by atoms with Crippen LogP contribution in [0, 0.1) is 0 Å². The number of hydrogen-bond acceptors (Lipinski definition) is 4. The Kier molecular flexibility index (Phi) is 3.47. The summed E-state index contributed by atoms with van der Waals surface area (Å²) in [6, 6.07) is 6.43. The summed E-state index contributed by atoms with van der Waals surface area (Å²) < 4.78 is 21.7. The summed E-state index contributed by atoms with van der Waals surface area (Å²) in [5, 5.41) is 0. The van der Waals surface area contributed by atoms with Crippen LogP contribution in [0.25, 0.3) is 0 Å². The lowest BCUT2D eigenvalue weighted by Gasteiger charge is -2.00. The molecule has 0 unspecified atom stereocenters. The minimum Gasteiger partial charge on any atom is -0.399 e. The number of carbonyl (C=O) groups is 1. The first kappa shape index (κ1) is 11.7. The van der Waals surface area contributed by atoms with Gasteiger partial charge in [-0.3, -0.25) is 4.79 Å². The lowest BCUT2D eigenvalue weighted by atomic mass is 10.1. The molecule has 0 bridgehead atoms. The van der Waals surface area contributed by atoms with Crippen LogP contribution >= 0.6 is 0 Å². The fourth-order valence-electron chi connectivity index (χ4n) is 1.09. The molecule has 0 heterocycles. The SMILES string of the molecule is CS(=O)(=O)CCC(=O)c1ccc(N)cc1. The van der Waals surface area contributed by atoms with E-state index in [2.05, 4.69) is 0 Å². The van der Waals surface area contributed by atoms with Crippen molar-refractivity contribution in [2.75, 3.05) is 17.7 Å². The molecule has 15 heavy (non-hydrogen) atoms. The van der Waals surface area contributed by atoms with Gasteiger partial charge in [-0.15, -0.1) is 0 Å². The molecule has 5 heteroatoms. The average molecular weight is 227 g/mol. The van der Waals surface area contributed by atoms with Crippen LogP contribution in [0.15, 0.2) is 24.3 Å². The molecule has 4 nitrogen and oxygen atoms in total. The van der Waals surface area contributed by atoms with Crippen molar-refractivity contribution < 1.29 is 13.2 Å². The van der Waals surface area contributed by atoms with E-state index in [0.29, 0.717) is 11.3 Å². The molecule has 0 atom stereocenters. The number of nitrogen functional groups attached to an aromatic ring is 1. The van der Waals surface area contributed by atoms with Gasteiger partial charge in [0.1, 0.15) is 9.84 Å². The van der Waals surface area contributed by atoms with Crippen molar-refractivity contribution in [3.8, 4) is 0 Å². The van der Waals surface area contributed by atoms with E-state index in [-0.39, 0.29) is 18.0 Å². The third-order valence-electron chi connectivity index (χ3n) is 1.93. The average Bonchev–Trinajstić information content (AvgIpc) is 2.14. The zero-order chi connectivity index (χ0) is 11.5. The Morgan fingerprint density at radius 3 is 2.27 bits per heavy atom. The molecule has 1 aromatic carbocycles. The van der Waals surface area contributed by atoms with Gasteiger partial charge in [-0.2, -0.15) is 0 Å². The van der Waals surface area contributed by atoms with Gasteiger partial charge in [-0.1, -0.05) is 0 Å². The number of sulfone groups is 1. The molecule has 0 radical (unpaired) electrons. The predicted octanol–water partition coefficient (Wildman–Crippen LogP) is 0.886. The number of benzene rings is 1. The van der Waals surface area contributed by atoms with Crippen LogP contribution < -0.4 is 5.73 Å². The molecule has 2 N–H and O–H groups in total. The summed E-state index contributed by atoms with van der Waals surface area (Å²) >= 11 is 0. The summed E-state index contributed by atoms with van der Waals surface area (Å²) in [4.78, 5) is 11.5. The van der Waals surface area contributed by atoms with Crippen LogP contribution in [-0.2, 0) is 9.84 Å². The standard InChI is InChI=1S/C10H13NO3S/c1-15(13,14)7-6-10(12)8-2-4-9(11)5-3-8/h2-5H,6-7,11H2,1H3. The number of nitrogens with two attached hydrogens (primary N) is 1. The molecule has 0 spiro atoms. The number of Topliss-reactive ketones (excluding diaryl/α,β-unsaturated/α-hetero) is 1. The van der Waals surface area contributed by atoms with Gasteiger partial charge in [-0.25, -0.2) is 8.42 Å². The van der Waals surface area contributed by atoms with Gasteiger partial charge < -0.3 is 5.73 Å². The van der Waals surface area contributed by atoms with Crippen LogP contribution in [0.2, 0.25) is 0 Å². The maximum Gasteiger partial charge on any atom is 0.163 e. The molecule has 1 aromatic rings. The monoisotopic (exact) mass is 227 g/mol. The maximum atomic E-state index is 11.5. The maximum absolute atomic E-state index is 11.5. The Morgan fingerprint density at radius 1 is 1.27 bits per heavy atom. The Labute approximate surface area is 89.0 Å². The third kappa shape index (κ3) is 4.12. The second-order valence-electron chi connectivity index (χ2n) is 3.43. The van der Waals surface area contributed by atoms with E-state index in [4.69, 9.17) is 5.73 Å². The van der Waals surface area contributed by atoms with E-state index in [0.717, 1.165) is 6.26 Å². The van der Waals surface area contributed by atoms with E-state index in [1.807, 2.05) is 0 Å². The first-order valence-corrected chi connectivity index (χ1v) is 6.51. The lowest BCUT2D eigenvalue weighted by molar-refractivity contribution is 0.0989. The number of rotatable bonds is 4. The summed E-state index contributed by atoms with van der Waals surface area (Å²) in [5.74, 6) is -0.295. The lowest BCUT2D eigenvalue weighted by Crippen LogP contribution is -2.09. The van der Waals surface area contributed by atoms with Gasteiger partial charge in [0, 0.05) is 23.9 Å². The highest BCUT2D eigenvalue weighted by atomic mass is 32.2. The molecule has 1 rings (SSSR count). The minimum absolute atomic E-state index is 0.0166. The molecule has 0 aromatic heterocycles. The molecular weight excluding hydrogens is 214 g/mol. The van der Waals surface area contributed by atoms with Crippen molar-refractivity contribution in [1.29, 1.82) is 0 Å². The third-order valence-corrected chi connectivity index (χ3v) is 2.88. The fraction of sp³-hybridized carbons (Fsp3) is 0.300. The number of hydrogen-bond donors (Lipinski definition) is 1. The van der Waals surface area contributed by atoms with Gasteiger partial charge in [0.05, 0.1) is 5.75 Å². The quantitative estimate of drug-likeness (QED) is 0.612. The highest BCUT2D eigenvalue weighted by Crippen LogP contribution is 2.08. The molecule has 0 saturated heterocycles. The smallest absolute Gasteiger partial charge is 0.163 e. The first-order valence-electron chi connectivity index (χ1n) is 4.45. The van der Waals surface area contributed by atoms with Crippen LogP contribution in [0.4, 0.5) is 5.69 Å². The second kappa shape index (κ2) is 4.44. The molecule has 0 aliphatic rings. The van der Waals surface area contributed by atoms with Crippen LogP contribution in [-0.4, -0.2) is 26.2 Å². The van der Waals surface area contributed by atoms with E-state index < -0.39 is 9.84 Å². The molecule has 82 valence electrons. The number of carbonyl (C=O) groups excluding carboxylic acids is 1. The second-order valence-corrected chi connectivity index (χ2v) is 5.68. The first-order chi connectivity index (χ1) is 6.88. The van der Waals surface area contributed by atoms with Crippen molar-refractivity contribution >= 4 is 21.3 Å². The zero-order valence-electron chi connectivity index (χ0n) is 8.43. The van der Waals surface area contributed by atoms with Gasteiger partial charge in [-0.05, 0) is 24.3 Å². The number of anilines is 1. The highest BCUT2D eigenvalue weighted by molar-refractivity contribution is 7.90. The topological polar surface area (TPSA) is 77.2 Å². The summed E-state index contributed by atoms with van der Waals surface area (Å²) in [5.41, 5.74) is 6.53. The number of ketones is 1. The van der Waals surface area contributed by atoms with Gasteiger partial charge in [0.15, 0.2) is 5.78 Å².